The van der Waals surface area contributed by atoms with Gasteiger partial charge in [0.25, 0.3) is 0 Å². The largest absolute Gasteiger partial charge is 0.493 e. The number of sulfonamides is 1. The zero-order valence-electron chi connectivity index (χ0n) is 8.77. The first-order valence-corrected chi connectivity index (χ1v) is 6.57. The molecule has 1 aliphatic rings. The summed E-state index contributed by atoms with van der Waals surface area (Å²) in [5.41, 5.74) is 6.20. The first kappa shape index (κ1) is 11.4. The molecule has 1 aromatic carbocycles. The standard InChI is InChI=1S/C10H14N2O3S/c11-4-5-12-16(13,14)9-1-2-10-8(7-9)3-6-15-10/h1-2,7,12H,3-6,11H2. The lowest BCUT2D eigenvalue weighted by Gasteiger charge is -2.06. The lowest BCUT2D eigenvalue weighted by atomic mass is 10.2. The highest BCUT2D eigenvalue weighted by atomic mass is 32.2. The van der Waals surface area contributed by atoms with E-state index in [-0.39, 0.29) is 18.0 Å². The second-order valence-electron chi connectivity index (χ2n) is 3.55. The SMILES string of the molecule is NCCNS(=O)(=O)c1ccc2c(c1)CCO2. The third-order valence-corrected chi connectivity index (χ3v) is 3.87. The average Bonchev–Trinajstić information content (AvgIpc) is 2.73. The molecule has 0 saturated heterocycles. The Labute approximate surface area is 94.6 Å². The maximum Gasteiger partial charge on any atom is 0.240 e. The summed E-state index contributed by atoms with van der Waals surface area (Å²) in [6.45, 7) is 1.15. The summed E-state index contributed by atoms with van der Waals surface area (Å²) in [6, 6.07) is 4.89. The molecule has 0 saturated carbocycles. The Morgan fingerprint density at radius 1 is 1.44 bits per heavy atom. The Morgan fingerprint density at radius 3 is 3.00 bits per heavy atom. The Balaban J connectivity index is 2.27. The van der Waals surface area contributed by atoms with Crippen molar-refractivity contribution in [1.82, 2.24) is 4.72 Å². The van der Waals surface area contributed by atoms with Crippen molar-refractivity contribution in [2.75, 3.05) is 19.7 Å². The van der Waals surface area contributed by atoms with E-state index in [2.05, 4.69) is 4.72 Å². The van der Waals surface area contributed by atoms with Gasteiger partial charge in [-0.25, -0.2) is 13.1 Å². The van der Waals surface area contributed by atoms with Gasteiger partial charge in [0, 0.05) is 19.5 Å². The molecule has 0 radical (unpaired) electrons. The van der Waals surface area contributed by atoms with Crippen molar-refractivity contribution in [2.45, 2.75) is 11.3 Å². The molecule has 3 N–H and O–H groups in total. The molecular formula is C10H14N2O3S. The molecule has 1 aromatic rings. The van der Waals surface area contributed by atoms with E-state index >= 15 is 0 Å². The van der Waals surface area contributed by atoms with Crippen LogP contribution in [0.4, 0.5) is 0 Å². The number of rotatable bonds is 4. The van der Waals surface area contributed by atoms with E-state index in [9.17, 15) is 8.42 Å². The van der Waals surface area contributed by atoms with E-state index in [0.29, 0.717) is 6.61 Å². The van der Waals surface area contributed by atoms with Gasteiger partial charge in [0.15, 0.2) is 0 Å². The molecule has 0 spiro atoms. The zero-order chi connectivity index (χ0) is 11.6. The Bertz CT molecular complexity index is 485. The van der Waals surface area contributed by atoms with E-state index in [1.165, 1.54) is 0 Å². The van der Waals surface area contributed by atoms with E-state index in [1.54, 1.807) is 18.2 Å². The fourth-order valence-electron chi connectivity index (χ4n) is 1.61. The van der Waals surface area contributed by atoms with Crippen molar-refractivity contribution in [3.63, 3.8) is 0 Å². The predicted octanol–water partition coefficient (Wildman–Crippen LogP) is -0.142. The fraction of sp³-hybridized carbons (Fsp3) is 0.400. The Hall–Kier alpha value is -1.11. The van der Waals surface area contributed by atoms with Gasteiger partial charge in [-0.3, -0.25) is 0 Å². The summed E-state index contributed by atoms with van der Waals surface area (Å²) in [4.78, 5) is 0.269. The summed E-state index contributed by atoms with van der Waals surface area (Å²) < 4.78 is 31.3. The third kappa shape index (κ3) is 2.18. The van der Waals surface area contributed by atoms with E-state index < -0.39 is 10.0 Å². The number of hydrogen-bond acceptors (Lipinski definition) is 4. The van der Waals surface area contributed by atoms with Crippen LogP contribution in [0.2, 0.25) is 0 Å². The highest BCUT2D eigenvalue weighted by Gasteiger charge is 2.18. The van der Waals surface area contributed by atoms with Crippen LogP contribution in [0.15, 0.2) is 23.1 Å². The Kier molecular flexibility index (Phi) is 3.13. The molecule has 16 heavy (non-hydrogen) atoms. The molecule has 88 valence electrons. The molecule has 0 bridgehead atoms. The van der Waals surface area contributed by atoms with Crippen LogP contribution in [-0.4, -0.2) is 28.1 Å². The minimum absolute atomic E-state index is 0.246. The number of ether oxygens (including phenoxy) is 1. The molecule has 2 rings (SSSR count). The van der Waals surface area contributed by atoms with Gasteiger partial charge in [-0.15, -0.1) is 0 Å². The van der Waals surface area contributed by atoms with Gasteiger partial charge in [0.05, 0.1) is 11.5 Å². The van der Waals surface area contributed by atoms with Crippen LogP contribution in [0.5, 0.6) is 5.75 Å². The summed E-state index contributed by atoms with van der Waals surface area (Å²) in [7, 11) is -3.43. The molecule has 0 atom stereocenters. The van der Waals surface area contributed by atoms with Gasteiger partial charge in [-0.2, -0.15) is 0 Å². The van der Waals surface area contributed by atoms with Crippen molar-refractivity contribution in [3.05, 3.63) is 23.8 Å². The van der Waals surface area contributed by atoms with E-state index in [4.69, 9.17) is 10.5 Å². The normalized spacial score (nSPS) is 14.6. The molecule has 1 aliphatic heterocycles. The van der Waals surface area contributed by atoms with Crippen LogP contribution < -0.4 is 15.2 Å². The van der Waals surface area contributed by atoms with Crippen LogP contribution in [0.25, 0.3) is 0 Å². The summed E-state index contributed by atoms with van der Waals surface area (Å²) in [5.74, 6) is 0.776. The number of nitrogens with two attached hydrogens (primary N) is 1. The topological polar surface area (TPSA) is 81.4 Å². The van der Waals surface area contributed by atoms with Gasteiger partial charge < -0.3 is 10.5 Å². The summed E-state index contributed by atoms with van der Waals surface area (Å²) in [6.07, 6.45) is 0.760. The van der Waals surface area contributed by atoms with Gasteiger partial charge in [-0.05, 0) is 23.8 Å². The predicted molar refractivity (Wildman–Crippen MR) is 59.9 cm³/mol. The molecule has 1 heterocycles. The zero-order valence-corrected chi connectivity index (χ0v) is 9.59. The lowest BCUT2D eigenvalue weighted by molar-refractivity contribution is 0.356. The number of nitrogens with one attached hydrogen (secondary N) is 1. The van der Waals surface area contributed by atoms with Crippen molar-refractivity contribution < 1.29 is 13.2 Å². The average molecular weight is 242 g/mol. The van der Waals surface area contributed by atoms with Crippen LogP contribution in [0.3, 0.4) is 0 Å². The fourth-order valence-corrected chi connectivity index (χ4v) is 2.70. The monoisotopic (exact) mass is 242 g/mol. The second kappa shape index (κ2) is 4.40. The molecule has 0 aromatic heterocycles. The Morgan fingerprint density at radius 2 is 2.25 bits per heavy atom. The van der Waals surface area contributed by atoms with Gasteiger partial charge >= 0.3 is 0 Å². The van der Waals surface area contributed by atoms with Gasteiger partial charge in [-0.1, -0.05) is 0 Å². The lowest BCUT2D eigenvalue weighted by Crippen LogP contribution is -2.29. The maximum atomic E-state index is 11.8. The van der Waals surface area contributed by atoms with Crippen molar-refractivity contribution in [3.8, 4) is 5.75 Å². The number of fused-ring (bicyclic) bond motifs is 1. The van der Waals surface area contributed by atoms with Crippen LogP contribution in [-0.2, 0) is 16.4 Å². The molecule has 0 amide bonds. The molecule has 0 unspecified atom stereocenters. The quantitative estimate of drug-likeness (QED) is 0.770. The third-order valence-electron chi connectivity index (χ3n) is 2.41. The van der Waals surface area contributed by atoms with Crippen molar-refractivity contribution in [2.24, 2.45) is 5.73 Å². The summed E-state index contributed by atoms with van der Waals surface area (Å²) in [5, 5.41) is 0. The van der Waals surface area contributed by atoms with Crippen LogP contribution in [0.1, 0.15) is 5.56 Å². The minimum atomic E-state index is -3.43. The molecular weight excluding hydrogens is 228 g/mol. The van der Waals surface area contributed by atoms with Gasteiger partial charge in [0.1, 0.15) is 5.75 Å². The highest BCUT2D eigenvalue weighted by molar-refractivity contribution is 7.89. The number of benzene rings is 1. The van der Waals surface area contributed by atoms with Crippen molar-refractivity contribution >= 4 is 10.0 Å². The first-order valence-electron chi connectivity index (χ1n) is 5.09. The van der Waals surface area contributed by atoms with E-state index in [1.807, 2.05) is 0 Å². The van der Waals surface area contributed by atoms with Gasteiger partial charge in [0.2, 0.25) is 10.0 Å². The highest BCUT2D eigenvalue weighted by Crippen LogP contribution is 2.27. The van der Waals surface area contributed by atoms with Crippen LogP contribution in [0, 0.1) is 0 Å². The second-order valence-corrected chi connectivity index (χ2v) is 5.32. The number of hydrogen-bond donors (Lipinski definition) is 2. The van der Waals surface area contributed by atoms with Crippen molar-refractivity contribution in [1.29, 1.82) is 0 Å². The van der Waals surface area contributed by atoms with Crippen LogP contribution >= 0.6 is 0 Å². The van der Waals surface area contributed by atoms with E-state index in [0.717, 1.165) is 17.7 Å². The molecule has 5 nitrogen and oxygen atoms in total. The molecule has 0 fully saturated rings. The molecule has 0 aliphatic carbocycles. The smallest absolute Gasteiger partial charge is 0.240 e. The summed E-state index contributed by atoms with van der Waals surface area (Å²) >= 11 is 0. The first-order chi connectivity index (χ1) is 7.63. The molecule has 6 heteroatoms. The maximum absolute atomic E-state index is 11.8. The minimum Gasteiger partial charge on any atom is -0.493 e.